The van der Waals surface area contributed by atoms with Crippen LogP contribution in [0, 0.1) is 0 Å². The van der Waals surface area contributed by atoms with Crippen LogP contribution < -0.4 is 5.32 Å². The third-order valence-electron chi connectivity index (χ3n) is 3.94. The van der Waals surface area contributed by atoms with Gasteiger partial charge in [0.15, 0.2) is 6.29 Å². The lowest BCUT2D eigenvalue weighted by atomic mass is 10.2. The Morgan fingerprint density at radius 2 is 2.22 bits per heavy atom. The number of ether oxygens (including phenoxy) is 2. The summed E-state index contributed by atoms with van der Waals surface area (Å²) in [7, 11) is 0. The second kappa shape index (κ2) is 8.10. The Bertz CT molecular complexity index is 214. The molecule has 0 amide bonds. The van der Waals surface area contributed by atoms with Crippen LogP contribution in [0.4, 0.5) is 0 Å². The number of hydrogen-bond donors (Lipinski definition) is 1. The van der Waals surface area contributed by atoms with E-state index in [0.29, 0.717) is 6.04 Å². The maximum Gasteiger partial charge on any atom is 0.157 e. The van der Waals surface area contributed by atoms with Gasteiger partial charge in [0.1, 0.15) is 0 Å². The lowest BCUT2D eigenvalue weighted by Gasteiger charge is -2.26. The van der Waals surface area contributed by atoms with Gasteiger partial charge in [0.2, 0.25) is 0 Å². The fraction of sp³-hybridized carbons (Fsp3) is 1.00. The van der Waals surface area contributed by atoms with Gasteiger partial charge in [-0.15, -0.1) is 0 Å². The highest BCUT2D eigenvalue weighted by Gasteiger charge is 2.18. The predicted octanol–water partition coefficient (Wildman–Crippen LogP) is 1.60. The molecule has 0 radical (unpaired) electrons. The summed E-state index contributed by atoms with van der Waals surface area (Å²) in [5.74, 6) is 0. The molecule has 0 aromatic heterocycles. The second-order valence-corrected chi connectivity index (χ2v) is 5.35. The van der Waals surface area contributed by atoms with Gasteiger partial charge in [0.25, 0.3) is 0 Å². The molecule has 1 N–H and O–H groups in total. The molecule has 2 rings (SSSR count). The van der Waals surface area contributed by atoms with E-state index in [0.717, 1.165) is 39.3 Å². The molecular formula is C14H28N2O2. The lowest BCUT2D eigenvalue weighted by Crippen LogP contribution is -2.39. The Balaban J connectivity index is 1.57. The van der Waals surface area contributed by atoms with E-state index in [1.165, 1.54) is 32.2 Å². The molecule has 0 bridgehead atoms. The Morgan fingerprint density at radius 3 is 2.89 bits per heavy atom. The summed E-state index contributed by atoms with van der Waals surface area (Å²) in [6, 6.07) is 0.691. The van der Waals surface area contributed by atoms with E-state index in [4.69, 9.17) is 9.47 Å². The summed E-state index contributed by atoms with van der Waals surface area (Å²) in [5, 5.41) is 3.55. The molecular weight excluding hydrogens is 228 g/mol. The highest BCUT2D eigenvalue weighted by atomic mass is 16.7. The largest absolute Gasteiger partial charge is 0.353 e. The van der Waals surface area contributed by atoms with Crippen molar-refractivity contribution in [3.8, 4) is 0 Å². The van der Waals surface area contributed by atoms with E-state index in [9.17, 15) is 0 Å². The van der Waals surface area contributed by atoms with Crippen molar-refractivity contribution in [1.82, 2.24) is 10.2 Å². The third-order valence-corrected chi connectivity index (χ3v) is 3.94. The summed E-state index contributed by atoms with van der Waals surface area (Å²) in [6.07, 6.45) is 6.21. The summed E-state index contributed by atoms with van der Waals surface area (Å²) >= 11 is 0. The van der Waals surface area contributed by atoms with E-state index < -0.39 is 0 Å². The zero-order valence-corrected chi connectivity index (χ0v) is 11.7. The van der Waals surface area contributed by atoms with Crippen molar-refractivity contribution >= 4 is 0 Å². The highest BCUT2D eigenvalue weighted by molar-refractivity contribution is 4.77. The first kappa shape index (κ1) is 14.3. The van der Waals surface area contributed by atoms with Gasteiger partial charge in [-0.2, -0.15) is 0 Å². The van der Waals surface area contributed by atoms with Gasteiger partial charge in [-0.25, -0.2) is 0 Å². The third kappa shape index (κ3) is 4.84. The second-order valence-electron chi connectivity index (χ2n) is 5.35. The highest BCUT2D eigenvalue weighted by Crippen LogP contribution is 2.13. The summed E-state index contributed by atoms with van der Waals surface area (Å²) < 4.78 is 11.4. The maximum atomic E-state index is 5.80. The molecule has 18 heavy (non-hydrogen) atoms. The van der Waals surface area contributed by atoms with Crippen LogP contribution in [0.1, 0.15) is 39.0 Å². The molecule has 4 nitrogen and oxygen atoms in total. The Hall–Kier alpha value is -0.160. The minimum absolute atomic E-state index is 0.0575. The van der Waals surface area contributed by atoms with Crippen molar-refractivity contribution in [2.45, 2.75) is 51.4 Å². The van der Waals surface area contributed by atoms with Crippen LogP contribution in [0.3, 0.4) is 0 Å². The van der Waals surface area contributed by atoms with E-state index in [1.54, 1.807) is 0 Å². The van der Waals surface area contributed by atoms with Crippen LogP contribution in [-0.2, 0) is 9.47 Å². The number of hydrogen-bond acceptors (Lipinski definition) is 4. The minimum Gasteiger partial charge on any atom is -0.353 e. The Morgan fingerprint density at radius 1 is 1.28 bits per heavy atom. The molecule has 2 unspecified atom stereocenters. The van der Waals surface area contributed by atoms with Crippen molar-refractivity contribution in [1.29, 1.82) is 0 Å². The molecule has 106 valence electrons. The quantitative estimate of drug-likeness (QED) is 0.750. The molecule has 0 saturated carbocycles. The monoisotopic (exact) mass is 256 g/mol. The summed E-state index contributed by atoms with van der Waals surface area (Å²) in [5.41, 5.74) is 0. The molecule has 2 atom stereocenters. The minimum atomic E-state index is 0.0575. The molecule has 2 saturated heterocycles. The van der Waals surface area contributed by atoms with Gasteiger partial charge in [-0.1, -0.05) is 6.92 Å². The van der Waals surface area contributed by atoms with Gasteiger partial charge < -0.3 is 14.8 Å². The first-order chi connectivity index (χ1) is 8.88. The SMILES string of the molecule is CCN(CCOC1CCCCO1)CC1CCCN1. The average molecular weight is 256 g/mol. The molecule has 2 aliphatic heterocycles. The molecule has 0 spiro atoms. The van der Waals surface area contributed by atoms with Crippen molar-refractivity contribution in [2.24, 2.45) is 0 Å². The predicted molar refractivity (Wildman–Crippen MR) is 72.7 cm³/mol. The first-order valence-electron chi connectivity index (χ1n) is 7.57. The summed E-state index contributed by atoms with van der Waals surface area (Å²) in [4.78, 5) is 2.48. The molecule has 0 aromatic rings. The van der Waals surface area contributed by atoms with Gasteiger partial charge in [-0.3, -0.25) is 4.90 Å². The topological polar surface area (TPSA) is 33.7 Å². The number of rotatable bonds is 7. The number of nitrogens with zero attached hydrogens (tertiary/aromatic N) is 1. The molecule has 2 aliphatic rings. The van der Waals surface area contributed by atoms with E-state index >= 15 is 0 Å². The van der Waals surface area contributed by atoms with Crippen molar-refractivity contribution in [3.05, 3.63) is 0 Å². The smallest absolute Gasteiger partial charge is 0.157 e. The molecule has 2 fully saturated rings. The van der Waals surface area contributed by atoms with Crippen LogP contribution >= 0.6 is 0 Å². The van der Waals surface area contributed by atoms with E-state index in [2.05, 4.69) is 17.1 Å². The van der Waals surface area contributed by atoms with Crippen LogP contribution in [-0.4, -0.2) is 56.6 Å². The van der Waals surface area contributed by atoms with E-state index in [-0.39, 0.29) is 6.29 Å². The van der Waals surface area contributed by atoms with Crippen LogP contribution in [0.2, 0.25) is 0 Å². The Kier molecular flexibility index (Phi) is 6.41. The Labute approximate surface area is 111 Å². The molecule has 2 heterocycles. The zero-order chi connectivity index (χ0) is 12.6. The van der Waals surface area contributed by atoms with Crippen molar-refractivity contribution in [3.63, 3.8) is 0 Å². The van der Waals surface area contributed by atoms with Crippen LogP contribution in [0.15, 0.2) is 0 Å². The fourth-order valence-electron chi connectivity index (χ4n) is 2.76. The van der Waals surface area contributed by atoms with Gasteiger partial charge in [-0.05, 0) is 45.2 Å². The van der Waals surface area contributed by atoms with Gasteiger partial charge >= 0.3 is 0 Å². The molecule has 0 aliphatic carbocycles. The van der Waals surface area contributed by atoms with Gasteiger partial charge in [0, 0.05) is 25.7 Å². The number of likely N-dealkylation sites (N-methyl/N-ethyl adjacent to an activating group) is 1. The summed E-state index contributed by atoms with van der Waals surface area (Å²) in [6.45, 7) is 8.37. The standard InChI is InChI=1S/C14H28N2O2/c1-2-16(12-13-6-5-8-15-13)9-11-18-14-7-3-4-10-17-14/h13-15H,2-12H2,1H3. The van der Waals surface area contributed by atoms with Crippen molar-refractivity contribution in [2.75, 3.05) is 39.4 Å². The molecule has 4 heteroatoms. The van der Waals surface area contributed by atoms with Gasteiger partial charge in [0.05, 0.1) is 6.61 Å². The maximum absolute atomic E-state index is 5.80. The van der Waals surface area contributed by atoms with Crippen molar-refractivity contribution < 1.29 is 9.47 Å². The normalized spacial score (nSPS) is 29.0. The van der Waals surface area contributed by atoms with E-state index in [1.807, 2.05) is 0 Å². The number of nitrogens with one attached hydrogen (secondary N) is 1. The first-order valence-corrected chi connectivity index (χ1v) is 7.57. The lowest BCUT2D eigenvalue weighted by molar-refractivity contribution is -0.164. The van der Waals surface area contributed by atoms with Crippen LogP contribution in [0.25, 0.3) is 0 Å². The van der Waals surface area contributed by atoms with Crippen LogP contribution in [0.5, 0.6) is 0 Å². The zero-order valence-electron chi connectivity index (χ0n) is 11.7. The molecule has 0 aromatic carbocycles. The fourth-order valence-corrected chi connectivity index (χ4v) is 2.76. The average Bonchev–Trinajstić information content (AvgIpc) is 2.92.